The number of aryl methyl sites for hydroxylation is 3. The maximum atomic E-state index is 4.07. The lowest BCUT2D eigenvalue weighted by Gasteiger charge is -2.19. The predicted octanol–water partition coefficient (Wildman–Crippen LogP) is 2.89. The lowest BCUT2D eigenvalue weighted by atomic mass is 9.99. The van der Waals surface area contributed by atoms with Crippen LogP contribution in [0.25, 0.3) is 0 Å². The SMILES string of the molecule is CCNC(c1ccc(C)c(C)c1)c1c(Br)nnn1C. The first-order chi connectivity index (χ1) is 9.04. The number of hydrogen-bond donors (Lipinski definition) is 1. The molecule has 0 fully saturated rings. The summed E-state index contributed by atoms with van der Waals surface area (Å²) >= 11 is 3.48. The second-order valence-electron chi connectivity index (χ2n) is 4.72. The Morgan fingerprint density at radius 2 is 2.05 bits per heavy atom. The average Bonchev–Trinajstić information content (AvgIpc) is 2.70. The molecule has 0 aliphatic rings. The standard InChI is InChI=1S/C14H19BrN4/c1-5-16-12(13-14(15)17-18-19(13)4)11-7-6-9(2)10(3)8-11/h6-8,12,16H,5H2,1-4H3. The minimum atomic E-state index is 0.0960. The summed E-state index contributed by atoms with van der Waals surface area (Å²) in [6, 6.07) is 6.64. The van der Waals surface area contributed by atoms with Gasteiger partial charge in [-0.25, -0.2) is 4.68 Å². The van der Waals surface area contributed by atoms with E-state index in [1.165, 1.54) is 16.7 Å². The lowest BCUT2D eigenvalue weighted by Crippen LogP contribution is -2.24. The highest BCUT2D eigenvalue weighted by Gasteiger charge is 2.21. The first-order valence-corrected chi connectivity index (χ1v) is 7.19. The number of rotatable bonds is 4. The molecular weight excluding hydrogens is 304 g/mol. The molecule has 1 atom stereocenters. The third-order valence-electron chi connectivity index (χ3n) is 3.37. The lowest BCUT2D eigenvalue weighted by molar-refractivity contribution is 0.567. The maximum Gasteiger partial charge on any atom is 0.153 e. The highest BCUT2D eigenvalue weighted by Crippen LogP contribution is 2.27. The number of nitrogens with one attached hydrogen (secondary N) is 1. The van der Waals surface area contributed by atoms with E-state index in [4.69, 9.17) is 0 Å². The Morgan fingerprint density at radius 1 is 1.32 bits per heavy atom. The van der Waals surface area contributed by atoms with Gasteiger partial charge in [0.25, 0.3) is 0 Å². The summed E-state index contributed by atoms with van der Waals surface area (Å²) in [6.07, 6.45) is 0. The summed E-state index contributed by atoms with van der Waals surface area (Å²) in [5.41, 5.74) is 4.88. The van der Waals surface area contributed by atoms with Gasteiger partial charge >= 0.3 is 0 Å². The van der Waals surface area contributed by atoms with Crippen LogP contribution in [0.2, 0.25) is 0 Å². The molecule has 1 aromatic carbocycles. The fourth-order valence-electron chi connectivity index (χ4n) is 2.17. The van der Waals surface area contributed by atoms with E-state index in [1.54, 1.807) is 0 Å². The van der Waals surface area contributed by atoms with E-state index in [-0.39, 0.29) is 6.04 Å². The van der Waals surface area contributed by atoms with Crippen LogP contribution < -0.4 is 5.32 Å². The van der Waals surface area contributed by atoms with E-state index in [2.05, 4.69) is 70.5 Å². The molecular formula is C14H19BrN4. The first-order valence-electron chi connectivity index (χ1n) is 6.40. The Bertz CT molecular complexity index is 557. The van der Waals surface area contributed by atoms with Gasteiger partial charge in [-0.3, -0.25) is 0 Å². The second kappa shape index (κ2) is 5.84. The zero-order valence-corrected chi connectivity index (χ0v) is 13.3. The van der Waals surface area contributed by atoms with Crippen molar-refractivity contribution in [2.75, 3.05) is 6.54 Å². The third-order valence-corrected chi connectivity index (χ3v) is 3.94. The molecule has 4 nitrogen and oxygen atoms in total. The number of hydrogen-bond acceptors (Lipinski definition) is 3. The fourth-order valence-corrected chi connectivity index (χ4v) is 2.72. The highest BCUT2D eigenvalue weighted by atomic mass is 79.9. The summed E-state index contributed by atoms with van der Waals surface area (Å²) in [6.45, 7) is 7.25. The number of halogens is 1. The van der Waals surface area contributed by atoms with Crippen LogP contribution in [-0.4, -0.2) is 21.5 Å². The van der Waals surface area contributed by atoms with Gasteiger partial charge in [0, 0.05) is 7.05 Å². The van der Waals surface area contributed by atoms with Crippen LogP contribution in [-0.2, 0) is 7.05 Å². The number of aromatic nitrogens is 3. The normalized spacial score (nSPS) is 12.7. The topological polar surface area (TPSA) is 42.7 Å². The van der Waals surface area contributed by atoms with Gasteiger partial charge in [-0.15, -0.1) is 5.10 Å². The smallest absolute Gasteiger partial charge is 0.153 e. The Hall–Kier alpha value is -1.20. The van der Waals surface area contributed by atoms with Crippen molar-refractivity contribution in [1.29, 1.82) is 0 Å². The zero-order chi connectivity index (χ0) is 14.0. The predicted molar refractivity (Wildman–Crippen MR) is 80.1 cm³/mol. The van der Waals surface area contributed by atoms with E-state index in [0.29, 0.717) is 0 Å². The second-order valence-corrected chi connectivity index (χ2v) is 5.47. The molecule has 5 heteroatoms. The van der Waals surface area contributed by atoms with E-state index in [1.807, 2.05) is 11.7 Å². The number of benzene rings is 1. The molecule has 1 N–H and O–H groups in total. The molecule has 2 aromatic rings. The van der Waals surface area contributed by atoms with Crippen molar-refractivity contribution in [2.24, 2.45) is 7.05 Å². The van der Waals surface area contributed by atoms with Crippen molar-refractivity contribution in [3.05, 3.63) is 45.2 Å². The van der Waals surface area contributed by atoms with Crippen molar-refractivity contribution >= 4 is 15.9 Å². The van der Waals surface area contributed by atoms with Crippen LogP contribution in [0, 0.1) is 13.8 Å². The van der Waals surface area contributed by atoms with Crippen LogP contribution >= 0.6 is 15.9 Å². The largest absolute Gasteiger partial charge is 0.305 e. The summed E-state index contributed by atoms with van der Waals surface area (Å²) in [7, 11) is 1.92. The molecule has 2 rings (SSSR count). The molecule has 1 heterocycles. The molecule has 0 aliphatic carbocycles. The van der Waals surface area contributed by atoms with Gasteiger partial charge in [0.15, 0.2) is 4.60 Å². The molecule has 0 saturated heterocycles. The van der Waals surface area contributed by atoms with Crippen molar-refractivity contribution < 1.29 is 0 Å². The fraction of sp³-hybridized carbons (Fsp3) is 0.429. The van der Waals surface area contributed by atoms with Gasteiger partial charge < -0.3 is 5.32 Å². The van der Waals surface area contributed by atoms with Gasteiger partial charge in [0.05, 0.1) is 11.7 Å². The zero-order valence-electron chi connectivity index (χ0n) is 11.7. The molecule has 0 saturated carbocycles. The average molecular weight is 323 g/mol. The monoisotopic (exact) mass is 322 g/mol. The third kappa shape index (κ3) is 2.87. The van der Waals surface area contributed by atoms with Crippen molar-refractivity contribution in [3.8, 4) is 0 Å². The van der Waals surface area contributed by atoms with Crippen LogP contribution in [0.4, 0.5) is 0 Å². The maximum absolute atomic E-state index is 4.07. The van der Waals surface area contributed by atoms with Crippen molar-refractivity contribution in [1.82, 2.24) is 20.3 Å². The highest BCUT2D eigenvalue weighted by molar-refractivity contribution is 9.10. The molecule has 102 valence electrons. The summed E-state index contributed by atoms with van der Waals surface area (Å²) in [4.78, 5) is 0. The van der Waals surface area contributed by atoms with Gasteiger partial charge in [0.1, 0.15) is 0 Å². The molecule has 0 spiro atoms. The van der Waals surface area contributed by atoms with Crippen molar-refractivity contribution in [2.45, 2.75) is 26.8 Å². The van der Waals surface area contributed by atoms with E-state index in [9.17, 15) is 0 Å². The van der Waals surface area contributed by atoms with Crippen LogP contribution in [0.15, 0.2) is 22.8 Å². The molecule has 0 radical (unpaired) electrons. The molecule has 1 unspecified atom stereocenters. The Balaban J connectivity index is 2.48. The van der Waals surface area contributed by atoms with E-state index < -0.39 is 0 Å². The Morgan fingerprint density at radius 3 is 2.58 bits per heavy atom. The summed E-state index contributed by atoms with van der Waals surface area (Å²) in [5, 5.41) is 11.6. The van der Waals surface area contributed by atoms with Gasteiger partial charge in [-0.2, -0.15) is 0 Å². The van der Waals surface area contributed by atoms with Crippen LogP contribution in [0.1, 0.15) is 35.3 Å². The molecule has 0 amide bonds. The minimum absolute atomic E-state index is 0.0960. The van der Waals surface area contributed by atoms with E-state index >= 15 is 0 Å². The van der Waals surface area contributed by atoms with Crippen molar-refractivity contribution in [3.63, 3.8) is 0 Å². The molecule has 1 aromatic heterocycles. The minimum Gasteiger partial charge on any atom is -0.305 e. The quantitative estimate of drug-likeness (QED) is 0.941. The van der Waals surface area contributed by atoms with Gasteiger partial charge in [-0.1, -0.05) is 30.3 Å². The molecule has 0 aliphatic heterocycles. The number of nitrogens with zero attached hydrogens (tertiary/aromatic N) is 3. The summed E-state index contributed by atoms with van der Waals surface area (Å²) in [5.74, 6) is 0. The van der Waals surface area contributed by atoms with Gasteiger partial charge in [-0.05, 0) is 53.0 Å². The van der Waals surface area contributed by atoms with Crippen LogP contribution in [0.5, 0.6) is 0 Å². The van der Waals surface area contributed by atoms with Gasteiger partial charge in [0.2, 0.25) is 0 Å². The molecule has 0 bridgehead atoms. The van der Waals surface area contributed by atoms with Crippen LogP contribution in [0.3, 0.4) is 0 Å². The molecule has 19 heavy (non-hydrogen) atoms. The Kier molecular flexibility index (Phi) is 4.37. The summed E-state index contributed by atoms with van der Waals surface area (Å²) < 4.78 is 2.60. The Labute approximate surface area is 122 Å². The first kappa shape index (κ1) is 14.2. The van der Waals surface area contributed by atoms with E-state index in [0.717, 1.165) is 16.8 Å².